The number of amides is 1. The lowest BCUT2D eigenvalue weighted by atomic mass is 10.2. The third-order valence-corrected chi connectivity index (χ3v) is 2.85. The van der Waals surface area contributed by atoms with Gasteiger partial charge in [0.2, 0.25) is 0 Å². The standard InChI is InChI=1S/C12H20ClN3O2/c1-4-11-10(9-15(2)14-11)12(17)16(6-5-13)7-8-18-3/h9H,4-8H2,1-3H3. The number of nitrogens with zero attached hydrogens (tertiary/aromatic N) is 3. The molecule has 1 aromatic rings. The fourth-order valence-corrected chi connectivity index (χ4v) is 1.97. The molecule has 1 amide bonds. The van der Waals surface area contributed by atoms with Gasteiger partial charge >= 0.3 is 0 Å². The number of carbonyl (C=O) groups is 1. The summed E-state index contributed by atoms with van der Waals surface area (Å²) in [5.74, 6) is 0.384. The maximum Gasteiger partial charge on any atom is 0.257 e. The Morgan fingerprint density at radius 3 is 2.83 bits per heavy atom. The molecule has 0 spiro atoms. The van der Waals surface area contributed by atoms with Gasteiger partial charge in [0.1, 0.15) is 0 Å². The first kappa shape index (κ1) is 15.0. The Morgan fingerprint density at radius 2 is 2.28 bits per heavy atom. The van der Waals surface area contributed by atoms with E-state index in [2.05, 4.69) is 5.10 Å². The highest BCUT2D eigenvalue weighted by atomic mass is 35.5. The fraction of sp³-hybridized carbons (Fsp3) is 0.667. The lowest BCUT2D eigenvalue weighted by Gasteiger charge is -2.21. The van der Waals surface area contributed by atoms with Gasteiger partial charge in [-0.3, -0.25) is 9.48 Å². The van der Waals surface area contributed by atoms with Crippen LogP contribution in [0.2, 0.25) is 0 Å². The van der Waals surface area contributed by atoms with E-state index in [0.717, 1.165) is 12.1 Å². The Bertz CT molecular complexity index is 393. The van der Waals surface area contributed by atoms with Crippen molar-refractivity contribution in [1.82, 2.24) is 14.7 Å². The summed E-state index contributed by atoms with van der Waals surface area (Å²) in [7, 11) is 3.43. The lowest BCUT2D eigenvalue weighted by Crippen LogP contribution is -2.35. The topological polar surface area (TPSA) is 47.4 Å². The molecule has 0 fully saturated rings. The molecular formula is C12H20ClN3O2. The molecule has 0 aromatic carbocycles. The van der Waals surface area contributed by atoms with Crippen LogP contribution in [0.3, 0.4) is 0 Å². The van der Waals surface area contributed by atoms with Crippen LogP contribution in [0.25, 0.3) is 0 Å². The van der Waals surface area contributed by atoms with Gasteiger partial charge in [0, 0.05) is 39.3 Å². The molecule has 0 bridgehead atoms. The minimum Gasteiger partial charge on any atom is -0.383 e. The van der Waals surface area contributed by atoms with Crippen LogP contribution < -0.4 is 0 Å². The van der Waals surface area contributed by atoms with E-state index >= 15 is 0 Å². The van der Waals surface area contributed by atoms with Crippen LogP contribution in [0.5, 0.6) is 0 Å². The molecule has 0 radical (unpaired) electrons. The highest BCUT2D eigenvalue weighted by Gasteiger charge is 2.20. The fourth-order valence-electron chi connectivity index (χ4n) is 1.76. The zero-order chi connectivity index (χ0) is 13.5. The minimum absolute atomic E-state index is 0.0300. The van der Waals surface area contributed by atoms with Gasteiger partial charge in [-0.1, -0.05) is 6.92 Å². The van der Waals surface area contributed by atoms with E-state index in [9.17, 15) is 4.79 Å². The number of alkyl halides is 1. The second-order valence-electron chi connectivity index (χ2n) is 3.99. The van der Waals surface area contributed by atoms with Crippen LogP contribution >= 0.6 is 11.6 Å². The van der Waals surface area contributed by atoms with Crippen molar-refractivity contribution >= 4 is 17.5 Å². The van der Waals surface area contributed by atoms with Gasteiger partial charge in [0.15, 0.2) is 0 Å². The SMILES string of the molecule is CCc1nn(C)cc1C(=O)N(CCCl)CCOC. The Balaban J connectivity index is 2.86. The molecular weight excluding hydrogens is 254 g/mol. The van der Waals surface area contributed by atoms with Gasteiger partial charge in [-0.05, 0) is 6.42 Å². The number of hydrogen-bond acceptors (Lipinski definition) is 3. The number of carbonyl (C=O) groups excluding carboxylic acids is 1. The van der Waals surface area contributed by atoms with Crippen molar-refractivity contribution < 1.29 is 9.53 Å². The Kier molecular flexibility index (Phi) is 6.15. The van der Waals surface area contributed by atoms with Crippen LogP contribution in [-0.4, -0.2) is 53.3 Å². The Hall–Kier alpha value is -1.07. The second kappa shape index (κ2) is 7.38. The molecule has 102 valence electrons. The number of aryl methyl sites for hydroxylation is 2. The molecule has 0 saturated heterocycles. The maximum atomic E-state index is 12.4. The molecule has 0 saturated carbocycles. The van der Waals surface area contributed by atoms with Gasteiger partial charge in [-0.25, -0.2) is 0 Å². The van der Waals surface area contributed by atoms with Gasteiger partial charge in [-0.2, -0.15) is 5.10 Å². The normalized spacial score (nSPS) is 10.7. The first-order chi connectivity index (χ1) is 8.63. The van der Waals surface area contributed by atoms with Gasteiger partial charge < -0.3 is 9.64 Å². The first-order valence-corrected chi connectivity index (χ1v) is 6.54. The summed E-state index contributed by atoms with van der Waals surface area (Å²) in [5, 5.41) is 4.28. The zero-order valence-corrected chi connectivity index (χ0v) is 11.9. The smallest absolute Gasteiger partial charge is 0.257 e. The van der Waals surface area contributed by atoms with Crippen LogP contribution in [-0.2, 0) is 18.2 Å². The predicted molar refractivity (Wildman–Crippen MR) is 71.1 cm³/mol. The summed E-state index contributed by atoms with van der Waals surface area (Å²) in [4.78, 5) is 14.1. The van der Waals surface area contributed by atoms with Gasteiger partial charge in [-0.15, -0.1) is 11.6 Å². The quantitative estimate of drug-likeness (QED) is 0.704. The second-order valence-corrected chi connectivity index (χ2v) is 4.37. The van der Waals surface area contributed by atoms with Gasteiger partial charge in [0.25, 0.3) is 5.91 Å². The molecule has 0 aliphatic rings. The number of methoxy groups -OCH3 is 1. The van der Waals surface area contributed by atoms with Gasteiger partial charge in [0.05, 0.1) is 17.9 Å². The van der Waals surface area contributed by atoms with E-state index < -0.39 is 0 Å². The van der Waals surface area contributed by atoms with E-state index in [1.165, 1.54) is 0 Å². The average Bonchev–Trinajstić information content (AvgIpc) is 2.75. The summed E-state index contributed by atoms with van der Waals surface area (Å²) in [5.41, 5.74) is 1.47. The molecule has 0 unspecified atom stereocenters. The molecule has 5 nitrogen and oxygen atoms in total. The van der Waals surface area contributed by atoms with Crippen LogP contribution in [0, 0.1) is 0 Å². The summed E-state index contributed by atoms with van der Waals surface area (Å²) in [6.07, 6.45) is 2.50. The summed E-state index contributed by atoms with van der Waals surface area (Å²) >= 11 is 5.73. The van der Waals surface area contributed by atoms with Crippen molar-refractivity contribution in [2.24, 2.45) is 7.05 Å². The van der Waals surface area contributed by atoms with E-state index in [0.29, 0.717) is 31.1 Å². The maximum absolute atomic E-state index is 12.4. The highest BCUT2D eigenvalue weighted by molar-refractivity contribution is 6.18. The molecule has 1 aromatic heterocycles. The molecule has 0 aliphatic carbocycles. The lowest BCUT2D eigenvalue weighted by molar-refractivity contribution is 0.0706. The summed E-state index contributed by atoms with van der Waals surface area (Å²) in [6, 6.07) is 0. The monoisotopic (exact) mass is 273 g/mol. The predicted octanol–water partition coefficient (Wildman–Crippen LogP) is 1.31. The van der Waals surface area contributed by atoms with E-state index in [1.807, 2.05) is 14.0 Å². The Labute approximate surface area is 113 Å². The van der Waals surface area contributed by atoms with Crippen molar-refractivity contribution in [3.8, 4) is 0 Å². The number of rotatable bonds is 7. The largest absolute Gasteiger partial charge is 0.383 e. The molecule has 0 atom stereocenters. The number of halogens is 1. The number of ether oxygens (including phenoxy) is 1. The van der Waals surface area contributed by atoms with Crippen LogP contribution in [0.4, 0.5) is 0 Å². The molecule has 18 heavy (non-hydrogen) atoms. The third kappa shape index (κ3) is 3.71. The van der Waals surface area contributed by atoms with E-state index in [1.54, 1.807) is 22.9 Å². The van der Waals surface area contributed by atoms with Crippen LogP contribution in [0.1, 0.15) is 23.0 Å². The summed E-state index contributed by atoms with van der Waals surface area (Å²) < 4.78 is 6.68. The van der Waals surface area contributed by atoms with Crippen molar-refractivity contribution in [2.45, 2.75) is 13.3 Å². The molecule has 0 N–H and O–H groups in total. The minimum atomic E-state index is -0.0300. The van der Waals surface area contributed by atoms with Crippen molar-refractivity contribution in [3.05, 3.63) is 17.5 Å². The van der Waals surface area contributed by atoms with Crippen LogP contribution in [0.15, 0.2) is 6.20 Å². The number of hydrogen-bond donors (Lipinski definition) is 0. The van der Waals surface area contributed by atoms with Crippen molar-refractivity contribution in [3.63, 3.8) is 0 Å². The molecule has 1 rings (SSSR count). The number of aromatic nitrogens is 2. The first-order valence-electron chi connectivity index (χ1n) is 6.00. The molecule has 0 aliphatic heterocycles. The van der Waals surface area contributed by atoms with E-state index in [-0.39, 0.29) is 5.91 Å². The zero-order valence-electron chi connectivity index (χ0n) is 11.1. The molecule has 1 heterocycles. The van der Waals surface area contributed by atoms with Crippen molar-refractivity contribution in [2.75, 3.05) is 32.7 Å². The summed E-state index contributed by atoms with van der Waals surface area (Å²) in [6.45, 7) is 3.55. The molecule has 6 heteroatoms. The Morgan fingerprint density at radius 1 is 1.56 bits per heavy atom. The average molecular weight is 274 g/mol. The third-order valence-electron chi connectivity index (χ3n) is 2.68. The highest BCUT2D eigenvalue weighted by Crippen LogP contribution is 2.11. The van der Waals surface area contributed by atoms with Crippen molar-refractivity contribution in [1.29, 1.82) is 0 Å². The van der Waals surface area contributed by atoms with E-state index in [4.69, 9.17) is 16.3 Å².